The molecule has 3 aromatic carbocycles. The van der Waals surface area contributed by atoms with Gasteiger partial charge in [0.25, 0.3) is 5.91 Å². The predicted octanol–water partition coefficient (Wildman–Crippen LogP) is 5.16. The monoisotopic (exact) mass is 540 g/mol. The minimum Gasteiger partial charge on any atom is -0.486 e. The molecule has 1 N–H and O–H groups in total. The van der Waals surface area contributed by atoms with Gasteiger partial charge >= 0.3 is 0 Å². The Bertz CT molecular complexity index is 1450. The number of nitrogens with one attached hydrogen (secondary N) is 1. The van der Waals surface area contributed by atoms with Gasteiger partial charge in [0.15, 0.2) is 11.5 Å². The van der Waals surface area contributed by atoms with Crippen molar-refractivity contribution in [3.8, 4) is 11.5 Å². The van der Waals surface area contributed by atoms with Crippen LogP contribution >= 0.6 is 0 Å². The molecule has 0 radical (unpaired) electrons. The zero-order valence-electron chi connectivity index (χ0n) is 22.4. The van der Waals surface area contributed by atoms with Crippen molar-refractivity contribution in [1.82, 2.24) is 9.80 Å². The highest BCUT2D eigenvalue weighted by atomic mass is 19.1. The lowest BCUT2D eigenvalue weighted by atomic mass is 10.0. The fourth-order valence-corrected chi connectivity index (χ4v) is 5.96. The number of carbonyl (C=O) groups excluding carboxylic acids is 1. The minimum absolute atomic E-state index is 0.0411. The topological polar surface area (TPSA) is 57.3 Å². The number of fused-ring (bicyclic) bond motifs is 2. The summed E-state index contributed by atoms with van der Waals surface area (Å²) in [5.74, 6) is 0.560. The van der Waals surface area contributed by atoms with Gasteiger partial charge in [-0.05, 0) is 60.9 Å². The summed E-state index contributed by atoms with van der Waals surface area (Å²) in [5.41, 5.74) is 3.42. The summed E-state index contributed by atoms with van der Waals surface area (Å²) in [6, 6.07) is 18.7. The van der Waals surface area contributed by atoms with Crippen molar-refractivity contribution >= 4 is 29.0 Å². The van der Waals surface area contributed by atoms with E-state index >= 15 is 4.39 Å². The average molecular weight is 541 g/mol. The Hall–Kier alpha value is -3.88. The fourth-order valence-electron chi connectivity index (χ4n) is 5.96. The molecule has 1 amide bonds. The quantitative estimate of drug-likeness (QED) is 0.466. The molecule has 206 valence electrons. The van der Waals surface area contributed by atoms with Gasteiger partial charge in [0, 0.05) is 55.7 Å². The molecule has 7 rings (SSSR count). The summed E-state index contributed by atoms with van der Waals surface area (Å²) in [6.07, 6.45) is 6.98. The third-order valence-corrected chi connectivity index (χ3v) is 8.21. The van der Waals surface area contributed by atoms with Crippen LogP contribution in [0.2, 0.25) is 0 Å². The average Bonchev–Trinajstić information content (AvgIpc) is 3.84. The van der Waals surface area contributed by atoms with Gasteiger partial charge in [0.2, 0.25) is 0 Å². The number of rotatable bonds is 6. The van der Waals surface area contributed by atoms with Gasteiger partial charge in [-0.15, -0.1) is 0 Å². The first kappa shape index (κ1) is 25.1. The number of nitrogens with zero attached hydrogens (tertiary/aromatic N) is 3. The Kier molecular flexibility index (Phi) is 6.65. The van der Waals surface area contributed by atoms with Gasteiger partial charge < -0.3 is 19.7 Å². The van der Waals surface area contributed by atoms with Crippen LogP contribution in [0.1, 0.15) is 28.8 Å². The van der Waals surface area contributed by atoms with Gasteiger partial charge in [-0.25, -0.2) is 4.39 Å². The Morgan fingerprint density at radius 1 is 0.900 bits per heavy atom. The number of anilines is 3. The molecule has 3 aromatic rings. The van der Waals surface area contributed by atoms with E-state index in [2.05, 4.69) is 38.2 Å². The lowest BCUT2D eigenvalue weighted by Gasteiger charge is -2.41. The molecule has 7 nitrogen and oxygen atoms in total. The van der Waals surface area contributed by atoms with Crippen molar-refractivity contribution in [2.75, 3.05) is 56.2 Å². The van der Waals surface area contributed by atoms with Gasteiger partial charge in [-0.3, -0.25) is 14.6 Å². The lowest BCUT2D eigenvalue weighted by molar-refractivity contribution is 0.102. The maximum Gasteiger partial charge on any atom is 0.255 e. The molecule has 3 aliphatic heterocycles. The van der Waals surface area contributed by atoms with Crippen molar-refractivity contribution < 1.29 is 18.7 Å². The van der Waals surface area contributed by atoms with Crippen LogP contribution in [0.4, 0.5) is 21.5 Å². The second-order valence-electron chi connectivity index (χ2n) is 10.9. The van der Waals surface area contributed by atoms with Crippen molar-refractivity contribution in [3.63, 3.8) is 0 Å². The van der Waals surface area contributed by atoms with E-state index in [4.69, 9.17) is 9.47 Å². The van der Waals surface area contributed by atoms with E-state index in [1.165, 1.54) is 18.9 Å². The number of halogens is 1. The molecule has 1 saturated heterocycles. The lowest BCUT2D eigenvalue weighted by Crippen LogP contribution is -2.51. The minimum atomic E-state index is -0.328. The summed E-state index contributed by atoms with van der Waals surface area (Å²) in [4.78, 5) is 20.3. The highest BCUT2D eigenvalue weighted by Gasteiger charge is 2.33. The zero-order chi connectivity index (χ0) is 27.1. The van der Waals surface area contributed by atoms with Crippen LogP contribution in [0.25, 0.3) is 6.08 Å². The van der Waals surface area contributed by atoms with Crippen molar-refractivity contribution in [3.05, 3.63) is 83.7 Å². The van der Waals surface area contributed by atoms with Gasteiger partial charge in [0.05, 0.1) is 11.7 Å². The Balaban J connectivity index is 1.14. The third-order valence-electron chi connectivity index (χ3n) is 8.21. The first-order valence-corrected chi connectivity index (χ1v) is 14.2. The van der Waals surface area contributed by atoms with E-state index < -0.39 is 0 Å². The van der Waals surface area contributed by atoms with Crippen LogP contribution in [0, 0.1) is 5.82 Å². The molecule has 3 heterocycles. The summed E-state index contributed by atoms with van der Waals surface area (Å²) >= 11 is 0. The van der Waals surface area contributed by atoms with Gasteiger partial charge in [-0.1, -0.05) is 30.4 Å². The Labute approximate surface area is 233 Å². The van der Waals surface area contributed by atoms with E-state index in [0.717, 1.165) is 50.0 Å². The van der Waals surface area contributed by atoms with E-state index in [1.54, 1.807) is 30.3 Å². The molecule has 0 bridgehead atoms. The highest BCUT2D eigenvalue weighted by molar-refractivity contribution is 6.05. The normalized spacial score (nSPS) is 20.7. The van der Waals surface area contributed by atoms with Crippen molar-refractivity contribution in [2.45, 2.75) is 24.9 Å². The first-order valence-electron chi connectivity index (χ1n) is 14.2. The highest BCUT2D eigenvalue weighted by Crippen LogP contribution is 2.39. The van der Waals surface area contributed by atoms with Crippen LogP contribution in [0.15, 0.2) is 66.7 Å². The van der Waals surface area contributed by atoms with Crippen LogP contribution in [0.5, 0.6) is 11.5 Å². The number of benzene rings is 3. The number of hydrogen-bond acceptors (Lipinski definition) is 6. The van der Waals surface area contributed by atoms with E-state index in [-0.39, 0.29) is 17.8 Å². The van der Waals surface area contributed by atoms with Crippen molar-refractivity contribution in [2.24, 2.45) is 0 Å². The molecule has 1 unspecified atom stereocenters. The molecule has 1 saturated carbocycles. The number of amides is 1. The van der Waals surface area contributed by atoms with E-state index in [9.17, 15) is 4.79 Å². The molecule has 0 aromatic heterocycles. The summed E-state index contributed by atoms with van der Waals surface area (Å²) in [6.45, 7) is 5.96. The Morgan fingerprint density at radius 2 is 1.70 bits per heavy atom. The standard InChI is InChI=1S/C32H33FN4O3/c33-27-11-7-24(34-32(38)23-6-12-30-31(19-23)40-18-17-39-30)20-29(27)37-26(8-5-22-3-1-2-4-28(22)37)21-35-13-15-36(16-14-35)25-9-10-25/h1-8,11-12,19-20,25-26H,9-10,13-18,21H2,(H,34,38). The number of hydrogen-bond donors (Lipinski definition) is 1. The number of ether oxygens (including phenoxy) is 2. The maximum absolute atomic E-state index is 15.6. The van der Waals surface area contributed by atoms with Gasteiger partial charge in [-0.2, -0.15) is 0 Å². The molecular formula is C32H33FN4O3. The SMILES string of the molecule is O=C(Nc1ccc(F)c(N2c3ccccc3C=CC2CN2CCN(C3CC3)CC2)c1)c1ccc2c(c1)OCCO2. The number of para-hydroxylation sites is 1. The smallest absolute Gasteiger partial charge is 0.255 e. The predicted molar refractivity (Wildman–Crippen MR) is 154 cm³/mol. The summed E-state index contributed by atoms with van der Waals surface area (Å²) in [7, 11) is 0. The third kappa shape index (κ3) is 5.05. The molecule has 0 spiro atoms. The molecule has 1 aliphatic carbocycles. The Morgan fingerprint density at radius 3 is 2.52 bits per heavy atom. The van der Waals surface area contributed by atoms with Gasteiger partial charge in [0.1, 0.15) is 19.0 Å². The largest absolute Gasteiger partial charge is 0.486 e. The van der Waals surface area contributed by atoms with E-state index in [0.29, 0.717) is 41.7 Å². The van der Waals surface area contributed by atoms with Crippen molar-refractivity contribution in [1.29, 1.82) is 0 Å². The molecular weight excluding hydrogens is 507 g/mol. The second kappa shape index (κ2) is 10.6. The fraction of sp³-hybridized carbons (Fsp3) is 0.344. The van der Waals surface area contributed by atoms with E-state index in [1.807, 2.05) is 18.2 Å². The van der Waals surface area contributed by atoms with Crippen LogP contribution in [-0.4, -0.2) is 73.7 Å². The second-order valence-corrected chi connectivity index (χ2v) is 10.9. The number of carbonyl (C=O) groups is 1. The van der Waals surface area contributed by atoms with Crippen LogP contribution < -0.4 is 19.7 Å². The summed E-state index contributed by atoms with van der Waals surface area (Å²) in [5, 5.41) is 2.95. The first-order chi connectivity index (χ1) is 19.6. The zero-order valence-corrected chi connectivity index (χ0v) is 22.4. The molecule has 4 aliphatic rings. The summed E-state index contributed by atoms with van der Waals surface area (Å²) < 4.78 is 26.8. The number of piperazine rings is 1. The molecule has 40 heavy (non-hydrogen) atoms. The van der Waals surface area contributed by atoms with Crippen LogP contribution in [0.3, 0.4) is 0 Å². The maximum atomic E-state index is 15.6. The molecule has 1 atom stereocenters. The van der Waals surface area contributed by atoms with Crippen LogP contribution in [-0.2, 0) is 0 Å². The molecule has 2 fully saturated rings. The molecule has 8 heteroatoms.